The van der Waals surface area contributed by atoms with Crippen LogP contribution >= 0.6 is 0 Å². The number of hydrogen-bond acceptors (Lipinski definition) is 2. The summed E-state index contributed by atoms with van der Waals surface area (Å²) in [5.74, 6) is -0.927. The minimum absolute atomic E-state index is 0.282. The molecule has 0 bridgehead atoms. The number of aromatic carboxylic acids is 1. The van der Waals surface area contributed by atoms with Crippen LogP contribution < -0.4 is 4.90 Å². The van der Waals surface area contributed by atoms with E-state index in [0.717, 1.165) is 0 Å². The van der Waals surface area contributed by atoms with E-state index in [1.54, 1.807) is 42.4 Å². The van der Waals surface area contributed by atoms with Crippen molar-refractivity contribution in [3.63, 3.8) is 0 Å². The first kappa shape index (κ1) is 9.32. The molecule has 0 aliphatic heterocycles. The van der Waals surface area contributed by atoms with Crippen LogP contribution in [0.3, 0.4) is 0 Å². The van der Waals surface area contributed by atoms with E-state index < -0.39 is 5.97 Å². The third-order valence-electron chi connectivity index (χ3n) is 1.79. The molecule has 0 aliphatic rings. The predicted molar refractivity (Wildman–Crippen MR) is 52.0 cm³/mol. The van der Waals surface area contributed by atoms with Crippen LogP contribution in [0.1, 0.15) is 10.4 Å². The number of carbonyl (C=O) groups is 1. The molecule has 0 aromatic heterocycles. The molecule has 0 amide bonds. The zero-order valence-electron chi connectivity index (χ0n) is 7.40. The van der Waals surface area contributed by atoms with E-state index in [4.69, 9.17) is 5.11 Å². The van der Waals surface area contributed by atoms with Gasteiger partial charge < -0.3 is 10.0 Å². The number of rotatable bonds is 3. The largest absolute Gasteiger partial charge is 0.478 e. The highest BCUT2D eigenvalue weighted by Gasteiger charge is 2.09. The first-order chi connectivity index (χ1) is 6.16. The predicted octanol–water partition coefficient (Wildman–Crippen LogP) is 1.96. The monoisotopic (exact) mass is 177 g/mol. The van der Waals surface area contributed by atoms with Crippen molar-refractivity contribution in [1.82, 2.24) is 0 Å². The summed E-state index contributed by atoms with van der Waals surface area (Å²) in [6, 6.07) is 6.80. The fourth-order valence-corrected chi connectivity index (χ4v) is 1.06. The third kappa shape index (κ3) is 1.87. The summed E-state index contributed by atoms with van der Waals surface area (Å²) in [6.07, 6.45) is 1.57. The smallest absolute Gasteiger partial charge is 0.337 e. The molecular weight excluding hydrogens is 166 g/mol. The van der Waals surface area contributed by atoms with Crippen molar-refractivity contribution in [2.75, 3.05) is 11.9 Å². The van der Waals surface area contributed by atoms with Crippen LogP contribution in [0.5, 0.6) is 0 Å². The number of anilines is 1. The van der Waals surface area contributed by atoms with Crippen LogP contribution in [-0.2, 0) is 0 Å². The third-order valence-corrected chi connectivity index (χ3v) is 1.79. The molecule has 0 heterocycles. The Kier molecular flexibility index (Phi) is 2.69. The molecule has 0 aliphatic carbocycles. The minimum atomic E-state index is -0.927. The van der Waals surface area contributed by atoms with Gasteiger partial charge in [-0.3, -0.25) is 0 Å². The van der Waals surface area contributed by atoms with E-state index in [1.807, 2.05) is 0 Å². The van der Waals surface area contributed by atoms with E-state index in [1.165, 1.54) is 0 Å². The van der Waals surface area contributed by atoms with Gasteiger partial charge >= 0.3 is 5.97 Å². The van der Waals surface area contributed by atoms with Crippen molar-refractivity contribution in [2.24, 2.45) is 0 Å². The van der Waals surface area contributed by atoms with Gasteiger partial charge in [0, 0.05) is 7.05 Å². The average Bonchev–Trinajstić information content (AvgIpc) is 2.16. The lowest BCUT2D eigenvalue weighted by atomic mass is 10.1. The molecule has 0 saturated heterocycles. The van der Waals surface area contributed by atoms with Gasteiger partial charge in [-0.25, -0.2) is 4.79 Å². The molecule has 0 unspecified atom stereocenters. The molecule has 13 heavy (non-hydrogen) atoms. The molecule has 3 heteroatoms. The number of hydrogen-bond donors (Lipinski definition) is 1. The molecule has 0 fully saturated rings. The maximum Gasteiger partial charge on any atom is 0.337 e. The first-order valence-electron chi connectivity index (χ1n) is 3.84. The minimum Gasteiger partial charge on any atom is -0.478 e. The highest BCUT2D eigenvalue weighted by molar-refractivity contribution is 5.94. The lowest BCUT2D eigenvalue weighted by Gasteiger charge is -2.15. The van der Waals surface area contributed by atoms with Gasteiger partial charge in [0.2, 0.25) is 0 Å². The topological polar surface area (TPSA) is 40.5 Å². The van der Waals surface area contributed by atoms with E-state index in [9.17, 15) is 4.79 Å². The van der Waals surface area contributed by atoms with E-state index in [0.29, 0.717) is 5.69 Å². The highest BCUT2D eigenvalue weighted by atomic mass is 16.4. The van der Waals surface area contributed by atoms with Crippen molar-refractivity contribution in [2.45, 2.75) is 0 Å². The summed E-state index contributed by atoms with van der Waals surface area (Å²) in [7, 11) is 1.76. The molecule has 1 aromatic carbocycles. The van der Waals surface area contributed by atoms with Crippen LogP contribution in [0, 0.1) is 0 Å². The van der Waals surface area contributed by atoms with Crippen LogP contribution in [0.15, 0.2) is 37.0 Å². The standard InChI is InChI=1S/C10H11NO2/c1-3-11(2)9-7-5-4-6-8(9)10(12)13/h3-7H,1H2,2H3,(H,12,13). The Morgan fingerprint density at radius 3 is 2.69 bits per heavy atom. The summed E-state index contributed by atoms with van der Waals surface area (Å²) in [6.45, 7) is 3.57. The lowest BCUT2D eigenvalue weighted by molar-refractivity contribution is 0.0697. The molecular formula is C10H11NO2. The van der Waals surface area contributed by atoms with Gasteiger partial charge in [-0.1, -0.05) is 18.7 Å². The van der Waals surface area contributed by atoms with Crippen molar-refractivity contribution in [3.05, 3.63) is 42.6 Å². The summed E-state index contributed by atoms with van der Waals surface area (Å²) >= 11 is 0. The van der Waals surface area contributed by atoms with Gasteiger partial charge in [-0.15, -0.1) is 0 Å². The van der Waals surface area contributed by atoms with Crippen molar-refractivity contribution < 1.29 is 9.90 Å². The summed E-state index contributed by atoms with van der Waals surface area (Å²) < 4.78 is 0. The molecule has 0 spiro atoms. The SMILES string of the molecule is C=CN(C)c1ccccc1C(=O)O. The molecule has 3 nitrogen and oxygen atoms in total. The Bertz CT molecular complexity index is 333. The zero-order chi connectivity index (χ0) is 9.84. The summed E-state index contributed by atoms with van der Waals surface area (Å²) in [5, 5.41) is 8.85. The Morgan fingerprint density at radius 2 is 2.15 bits per heavy atom. The second-order valence-electron chi connectivity index (χ2n) is 2.62. The Hall–Kier alpha value is -1.77. The maximum atomic E-state index is 10.8. The van der Waals surface area contributed by atoms with Crippen LogP contribution in [-0.4, -0.2) is 18.1 Å². The molecule has 0 saturated carbocycles. The van der Waals surface area contributed by atoms with Gasteiger partial charge in [0.05, 0.1) is 11.3 Å². The first-order valence-corrected chi connectivity index (χ1v) is 3.84. The van der Waals surface area contributed by atoms with Crippen LogP contribution in [0.4, 0.5) is 5.69 Å². The Labute approximate surface area is 76.9 Å². The summed E-state index contributed by atoms with van der Waals surface area (Å²) in [4.78, 5) is 12.5. The molecule has 1 aromatic rings. The second kappa shape index (κ2) is 3.76. The number of carboxylic acid groups (broad SMARTS) is 1. The second-order valence-corrected chi connectivity index (χ2v) is 2.62. The normalized spacial score (nSPS) is 9.31. The zero-order valence-corrected chi connectivity index (χ0v) is 7.40. The van der Waals surface area contributed by atoms with Crippen molar-refractivity contribution >= 4 is 11.7 Å². The number of benzene rings is 1. The Balaban J connectivity index is 3.19. The van der Waals surface area contributed by atoms with Gasteiger partial charge in [-0.2, -0.15) is 0 Å². The van der Waals surface area contributed by atoms with E-state index >= 15 is 0 Å². The van der Waals surface area contributed by atoms with Gasteiger partial charge in [0.1, 0.15) is 0 Å². The fourth-order valence-electron chi connectivity index (χ4n) is 1.06. The van der Waals surface area contributed by atoms with Crippen LogP contribution in [0.25, 0.3) is 0 Å². The number of nitrogens with zero attached hydrogens (tertiary/aromatic N) is 1. The lowest BCUT2D eigenvalue weighted by Crippen LogP contribution is -2.12. The van der Waals surface area contributed by atoms with Crippen LogP contribution in [0.2, 0.25) is 0 Å². The van der Waals surface area contributed by atoms with Gasteiger partial charge in [0.15, 0.2) is 0 Å². The van der Waals surface area contributed by atoms with Crippen molar-refractivity contribution in [1.29, 1.82) is 0 Å². The average molecular weight is 177 g/mol. The fraction of sp³-hybridized carbons (Fsp3) is 0.100. The number of para-hydroxylation sites is 1. The highest BCUT2D eigenvalue weighted by Crippen LogP contribution is 2.18. The molecule has 0 radical (unpaired) electrons. The molecule has 0 atom stereocenters. The maximum absolute atomic E-state index is 10.8. The molecule has 68 valence electrons. The molecule has 1 N–H and O–H groups in total. The van der Waals surface area contributed by atoms with Crippen molar-refractivity contribution in [3.8, 4) is 0 Å². The quantitative estimate of drug-likeness (QED) is 0.767. The van der Waals surface area contributed by atoms with Gasteiger partial charge in [0.25, 0.3) is 0 Å². The van der Waals surface area contributed by atoms with Gasteiger partial charge in [-0.05, 0) is 18.3 Å². The van der Waals surface area contributed by atoms with E-state index in [-0.39, 0.29) is 5.56 Å². The molecule has 1 rings (SSSR count). The Morgan fingerprint density at radius 1 is 1.54 bits per heavy atom. The number of carboxylic acids is 1. The summed E-state index contributed by atoms with van der Waals surface area (Å²) in [5.41, 5.74) is 0.926. The van der Waals surface area contributed by atoms with E-state index in [2.05, 4.69) is 6.58 Å².